The van der Waals surface area contributed by atoms with Gasteiger partial charge < -0.3 is 15.2 Å². The van der Waals surface area contributed by atoms with E-state index in [1.54, 1.807) is 12.1 Å². The van der Waals surface area contributed by atoms with Gasteiger partial charge in [-0.15, -0.1) is 0 Å². The third kappa shape index (κ3) is 1.84. The molecule has 1 aliphatic heterocycles. The second-order valence-electron chi connectivity index (χ2n) is 5.15. The summed E-state index contributed by atoms with van der Waals surface area (Å²) in [6.45, 7) is 1.53. The van der Waals surface area contributed by atoms with E-state index >= 15 is 0 Å². The summed E-state index contributed by atoms with van der Waals surface area (Å²) in [6.07, 6.45) is 4.76. The van der Waals surface area contributed by atoms with Crippen molar-refractivity contribution >= 4 is 17.4 Å². The molecule has 0 unspecified atom stereocenters. The van der Waals surface area contributed by atoms with Gasteiger partial charge in [0, 0.05) is 17.2 Å². The van der Waals surface area contributed by atoms with Gasteiger partial charge in [0.2, 0.25) is 0 Å². The number of Topliss-reactive ketones (excluding diaryl/α,β-unsaturated/α-hetero) is 1. The van der Waals surface area contributed by atoms with Gasteiger partial charge in [-0.2, -0.15) is 0 Å². The quantitative estimate of drug-likeness (QED) is 0.635. The van der Waals surface area contributed by atoms with Crippen LogP contribution in [-0.4, -0.2) is 17.8 Å². The molecule has 1 N–H and O–H groups in total. The second kappa shape index (κ2) is 4.23. The van der Waals surface area contributed by atoms with Gasteiger partial charge in [-0.25, -0.2) is 0 Å². The minimum atomic E-state index is -1.07. The predicted octanol–water partition coefficient (Wildman–Crippen LogP) is 1.09. The summed E-state index contributed by atoms with van der Waals surface area (Å²) in [5.41, 5.74) is 2.45. The molecule has 1 aromatic rings. The first kappa shape index (κ1) is 12.0. The SMILES string of the molecule is CC(=O)c1ccc2c(c1)[C@H]1C=CC[C@@H]1[C@H](C(=O)[O-])N2. The van der Waals surface area contributed by atoms with Crippen LogP contribution in [0, 0.1) is 5.92 Å². The number of aliphatic carboxylic acids is 1. The first-order valence-electron chi connectivity index (χ1n) is 6.37. The van der Waals surface area contributed by atoms with Gasteiger partial charge in [0.15, 0.2) is 5.78 Å². The van der Waals surface area contributed by atoms with Crippen molar-refractivity contribution < 1.29 is 14.7 Å². The average Bonchev–Trinajstić information content (AvgIpc) is 2.86. The zero-order valence-corrected chi connectivity index (χ0v) is 10.6. The number of carboxylic acids is 1. The lowest BCUT2D eigenvalue weighted by atomic mass is 9.79. The van der Waals surface area contributed by atoms with Crippen LogP contribution in [0.5, 0.6) is 0 Å². The molecule has 0 bridgehead atoms. The number of allylic oxidation sites excluding steroid dienone is 2. The van der Waals surface area contributed by atoms with E-state index in [1.807, 2.05) is 18.2 Å². The molecule has 0 saturated heterocycles. The molecule has 2 aliphatic rings. The Morgan fingerprint density at radius 2 is 2.16 bits per heavy atom. The highest BCUT2D eigenvalue weighted by Gasteiger charge is 2.37. The molecule has 0 aromatic heterocycles. The number of nitrogens with one attached hydrogen (secondary N) is 1. The summed E-state index contributed by atoms with van der Waals surface area (Å²) in [5.74, 6) is -1.03. The van der Waals surface area contributed by atoms with Crippen molar-refractivity contribution in [1.82, 2.24) is 0 Å². The lowest BCUT2D eigenvalue weighted by Crippen LogP contribution is -2.48. The molecule has 3 rings (SSSR count). The minimum absolute atomic E-state index is 0.0170. The molecule has 4 nitrogen and oxygen atoms in total. The highest BCUT2D eigenvalue weighted by molar-refractivity contribution is 5.95. The van der Waals surface area contributed by atoms with Gasteiger partial charge in [0.25, 0.3) is 0 Å². The summed E-state index contributed by atoms with van der Waals surface area (Å²) >= 11 is 0. The first-order valence-corrected chi connectivity index (χ1v) is 6.37. The van der Waals surface area contributed by atoms with Gasteiger partial charge in [-0.05, 0) is 43.0 Å². The fourth-order valence-corrected chi connectivity index (χ4v) is 3.05. The number of carbonyl (C=O) groups is 2. The molecular formula is C15H14NO3-. The maximum absolute atomic E-state index is 11.5. The van der Waals surface area contributed by atoms with Crippen molar-refractivity contribution in [2.24, 2.45) is 5.92 Å². The van der Waals surface area contributed by atoms with Crippen LogP contribution in [0.1, 0.15) is 35.2 Å². The Morgan fingerprint density at radius 1 is 1.37 bits per heavy atom. The highest BCUT2D eigenvalue weighted by atomic mass is 16.4. The standard InChI is InChI=1S/C15H15NO3/c1-8(17)9-5-6-13-12(7-9)10-3-2-4-11(10)14(16-13)15(18)19/h2-3,5-7,10-11,14,16H,4H2,1H3,(H,18,19)/p-1/t10-,11-,14+/m0/s1. The van der Waals surface area contributed by atoms with Crippen molar-refractivity contribution in [3.63, 3.8) is 0 Å². The molecule has 1 aromatic carbocycles. The van der Waals surface area contributed by atoms with E-state index in [-0.39, 0.29) is 17.6 Å². The Labute approximate surface area is 111 Å². The lowest BCUT2D eigenvalue weighted by molar-refractivity contribution is -0.308. The van der Waals surface area contributed by atoms with Gasteiger partial charge in [-0.3, -0.25) is 4.79 Å². The number of hydrogen-bond acceptors (Lipinski definition) is 4. The number of ketones is 1. The number of carboxylic acid groups (broad SMARTS) is 1. The molecule has 0 amide bonds. The van der Waals surface area contributed by atoms with Crippen LogP contribution < -0.4 is 10.4 Å². The molecule has 0 spiro atoms. The molecule has 19 heavy (non-hydrogen) atoms. The van der Waals surface area contributed by atoms with E-state index in [2.05, 4.69) is 5.32 Å². The predicted molar refractivity (Wildman–Crippen MR) is 68.9 cm³/mol. The Bertz CT molecular complexity index is 591. The third-order valence-electron chi connectivity index (χ3n) is 4.02. The number of fused-ring (bicyclic) bond motifs is 3. The van der Waals surface area contributed by atoms with E-state index in [0.717, 1.165) is 17.7 Å². The number of benzene rings is 1. The largest absolute Gasteiger partial charge is 0.548 e. The van der Waals surface area contributed by atoms with E-state index in [0.29, 0.717) is 5.56 Å². The van der Waals surface area contributed by atoms with Crippen LogP contribution in [0.4, 0.5) is 5.69 Å². The smallest absolute Gasteiger partial charge is 0.159 e. The van der Waals surface area contributed by atoms with Gasteiger partial charge in [-0.1, -0.05) is 12.2 Å². The molecular weight excluding hydrogens is 242 g/mol. The fourth-order valence-electron chi connectivity index (χ4n) is 3.05. The molecule has 0 fully saturated rings. The number of rotatable bonds is 2. The zero-order valence-electron chi connectivity index (χ0n) is 10.6. The molecule has 1 aliphatic carbocycles. The number of carbonyl (C=O) groups excluding carboxylic acids is 2. The highest BCUT2D eigenvalue weighted by Crippen LogP contribution is 2.44. The Hall–Kier alpha value is -2.10. The van der Waals surface area contributed by atoms with Crippen molar-refractivity contribution in [3.8, 4) is 0 Å². The van der Waals surface area contributed by atoms with E-state index in [1.165, 1.54) is 6.92 Å². The van der Waals surface area contributed by atoms with E-state index < -0.39 is 12.0 Å². The summed E-state index contributed by atoms with van der Waals surface area (Å²) in [5, 5.41) is 14.2. The number of hydrogen-bond donors (Lipinski definition) is 1. The van der Waals surface area contributed by atoms with Crippen molar-refractivity contribution in [2.75, 3.05) is 5.32 Å². The van der Waals surface area contributed by atoms with Crippen LogP contribution in [0.25, 0.3) is 0 Å². The van der Waals surface area contributed by atoms with Crippen LogP contribution in [0.15, 0.2) is 30.4 Å². The molecule has 0 radical (unpaired) electrons. The normalized spacial score (nSPS) is 27.3. The molecule has 3 atom stereocenters. The summed E-state index contributed by atoms with van der Waals surface area (Å²) in [6, 6.07) is 4.70. The third-order valence-corrected chi connectivity index (χ3v) is 4.02. The minimum Gasteiger partial charge on any atom is -0.548 e. The Morgan fingerprint density at radius 3 is 2.84 bits per heavy atom. The summed E-state index contributed by atoms with van der Waals surface area (Å²) in [4.78, 5) is 22.7. The maximum Gasteiger partial charge on any atom is 0.159 e. The first-order chi connectivity index (χ1) is 9.08. The Balaban J connectivity index is 2.08. The summed E-state index contributed by atoms with van der Waals surface area (Å²) < 4.78 is 0. The molecule has 1 heterocycles. The second-order valence-corrected chi connectivity index (χ2v) is 5.15. The van der Waals surface area contributed by atoms with E-state index in [9.17, 15) is 14.7 Å². The summed E-state index contributed by atoms with van der Waals surface area (Å²) in [7, 11) is 0. The van der Waals surface area contributed by atoms with E-state index in [4.69, 9.17) is 0 Å². The maximum atomic E-state index is 11.5. The molecule has 0 saturated carbocycles. The average molecular weight is 256 g/mol. The monoisotopic (exact) mass is 256 g/mol. The Kier molecular flexibility index (Phi) is 2.66. The van der Waals surface area contributed by atoms with Gasteiger partial charge >= 0.3 is 0 Å². The van der Waals surface area contributed by atoms with Gasteiger partial charge in [0.05, 0.1) is 12.0 Å². The topological polar surface area (TPSA) is 69.2 Å². The van der Waals surface area contributed by atoms with Crippen LogP contribution >= 0.6 is 0 Å². The zero-order chi connectivity index (χ0) is 13.6. The number of anilines is 1. The van der Waals surface area contributed by atoms with Crippen molar-refractivity contribution in [2.45, 2.75) is 25.3 Å². The lowest BCUT2D eigenvalue weighted by Gasteiger charge is -2.37. The van der Waals surface area contributed by atoms with Crippen LogP contribution in [-0.2, 0) is 4.79 Å². The van der Waals surface area contributed by atoms with Crippen LogP contribution in [0.2, 0.25) is 0 Å². The molecule has 98 valence electrons. The van der Waals surface area contributed by atoms with Crippen LogP contribution in [0.3, 0.4) is 0 Å². The van der Waals surface area contributed by atoms with Crippen molar-refractivity contribution in [1.29, 1.82) is 0 Å². The molecule has 4 heteroatoms. The van der Waals surface area contributed by atoms with Gasteiger partial charge in [0.1, 0.15) is 0 Å². The van der Waals surface area contributed by atoms with Crippen molar-refractivity contribution in [3.05, 3.63) is 41.5 Å². The fraction of sp³-hybridized carbons (Fsp3) is 0.333.